The smallest absolute Gasteiger partial charge is 0.242 e. The molecule has 4 heteroatoms. The van der Waals surface area contributed by atoms with Gasteiger partial charge in [0.25, 0.3) is 0 Å². The van der Waals surface area contributed by atoms with Crippen LogP contribution in [-0.2, 0) is 10.3 Å². The second-order valence-electron chi connectivity index (χ2n) is 4.55. The SMILES string of the molecule is CCC(NC1CC1)(C(N)=O)c1ccc(F)cc1. The summed E-state index contributed by atoms with van der Waals surface area (Å²) >= 11 is 0. The van der Waals surface area contributed by atoms with Gasteiger partial charge in [0.05, 0.1) is 0 Å². The first kappa shape index (κ1) is 12.0. The fourth-order valence-corrected chi connectivity index (χ4v) is 2.09. The molecule has 1 saturated carbocycles. The Bertz CT molecular complexity index is 414. The molecule has 1 atom stereocenters. The number of nitrogens with two attached hydrogens (primary N) is 1. The summed E-state index contributed by atoms with van der Waals surface area (Å²) in [7, 11) is 0. The Morgan fingerprint density at radius 1 is 1.47 bits per heavy atom. The Balaban J connectivity index is 2.36. The number of carbonyl (C=O) groups excluding carboxylic acids is 1. The van der Waals surface area contributed by atoms with E-state index in [2.05, 4.69) is 5.32 Å². The first-order valence-corrected chi connectivity index (χ1v) is 5.92. The molecule has 2 rings (SSSR count). The standard InChI is InChI=1S/C13H17FN2O/c1-2-13(12(15)17,16-11-7-8-11)9-3-5-10(14)6-4-9/h3-6,11,16H,2,7-8H2,1H3,(H2,15,17). The molecule has 1 unspecified atom stereocenters. The summed E-state index contributed by atoms with van der Waals surface area (Å²) in [6.45, 7) is 1.91. The summed E-state index contributed by atoms with van der Waals surface area (Å²) in [5.41, 5.74) is 5.40. The van der Waals surface area contributed by atoms with Crippen molar-refractivity contribution in [1.82, 2.24) is 5.32 Å². The van der Waals surface area contributed by atoms with Crippen molar-refractivity contribution >= 4 is 5.91 Å². The van der Waals surface area contributed by atoms with E-state index in [4.69, 9.17) is 5.73 Å². The van der Waals surface area contributed by atoms with E-state index in [1.54, 1.807) is 12.1 Å². The molecule has 1 aliphatic carbocycles. The minimum Gasteiger partial charge on any atom is -0.368 e. The van der Waals surface area contributed by atoms with Crippen LogP contribution in [0.4, 0.5) is 4.39 Å². The minimum atomic E-state index is -0.866. The molecule has 0 heterocycles. The van der Waals surface area contributed by atoms with Gasteiger partial charge in [0.1, 0.15) is 11.4 Å². The van der Waals surface area contributed by atoms with Crippen molar-refractivity contribution < 1.29 is 9.18 Å². The van der Waals surface area contributed by atoms with Gasteiger partial charge in [0.15, 0.2) is 0 Å². The van der Waals surface area contributed by atoms with Crippen LogP contribution in [0.25, 0.3) is 0 Å². The van der Waals surface area contributed by atoms with Gasteiger partial charge in [-0.15, -0.1) is 0 Å². The molecule has 0 spiro atoms. The number of halogens is 1. The van der Waals surface area contributed by atoms with Crippen molar-refractivity contribution in [1.29, 1.82) is 0 Å². The molecule has 1 aromatic carbocycles. The molecule has 17 heavy (non-hydrogen) atoms. The number of hydrogen-bond acceptors (Lipinski definition) is 2. The molecular formula is C13H17FN2O. The highest BCUT2D eigenvalue weighted by Crippen LogP contribution is 2.31. The Kier molecular flexibility index (Phi) is 3.15. The molecule has 0 saturated heterocycles. The highest BCUT2D eigenvalue weighted by atomic mass is 19.1. The molecule has 3 N–H and O–H groups in total. The molecule has 1 aromatic rings. The highest BCUT2D eigenvalue weighted by Gasteiger charge is 2.41. The third kappa shape index (κ3) is 2.31. The topological polar surface area (TPSA) is 55.1 Å². The maximum absolute atomic E-state index is 12.9. The van der Waals surface area contributed by atoms with Crippen LogP contribution in [0.15, 0.2) is 24.3 Å². The summed E-state index contributed by atoms with van der Waals surface area (Å²) in [6, 6.07) is 6.32. The predicted octanol–water partition coefficient (Wildman–Crippen LogP) is 1.67. The Morgan fingerprint density at radius 2 is 2.06 bits per heavy atom. The van der Waals surface area contributed by atoms with Crippen molar-refractivity contribution in [2.24, 2.45) is 5.73 Å². The van der Waals surface area contributed by atoms with Gasteiger partial charge in [-0.05, 0) is 37.0 Å². The van der Waals surface area contributed by atoms with Crippen molar-refractivity contribution in [2.45, 2.75) is 37.8 Å². The number of rotatable bonds is 5. The van der Waals surface area contributed by atoms with Crippen LogP contribution in [0.5, 0.6) is 0 Å². The third-order valence-corrected chi connectivity index (χ3v) is 3.32. The van der Waals surface area contributed by atoms with E-state index in [-0.39, 0.29) is 5.82 Å². The lowest BCUT2D eigenvalue weighted by Gasteiger charge is -2.31. The zero-order valence-electron chi connectivity index (χ0n) is 9.87. The lowest BCUT2D eigenvalue weighted by Crippen LogP contribution is -2.53. The molecule has 3 nitrogen and oxygen atoms in total. The second-order valence-corrected chi connectivity index (χ2v) is 4.55. The second kappa shape index (κ2) is 4.45. The van der Waals surface area contributed by atoms with Crippen LogP contribution in [-0.4, -0.2) is 11.9 Å². The number of nitrogens with one attached hydrogen (secondary N) is 1. The zero-order chi connectivity index (χ0) is 12.5. The molecule has 92 valence electrons. The number of benzene rings is 1. The molecular weight excluding hydrogens is 219 g/mol. The lowest BCUT2D eigenvalue weighted by atomic mass is 9.86. The largest absolute Gasteiger partial charge is 0.368 e. The van der Waals surface area contributed by atoms with Gasteiger partial charge in [-0.2, -0.15) is 0 Å². The fourth-order valence-electron chi connectivity index (χ4n) is 2.09. The van der Waals surface area contributed by atoms with E-state index in [0.717, 1.165) is 18.4 Å². The van der Waals surface area contributed by atoms with Crippen molar-refractivity contribution in [3.63, 3.8) is 0 Å². The third-order valence-electron chi connectivity index (χ3n) is 3.32. The van der Waals surface area contributed by atoms with Gasteiger partial charge in [-0.1, -0.05) is 19.1 Å². The monoisotopic (exact) mass is 236 g/mol. The van der Waals surface area contributed by atoms with Crippen LogP contribution in [0.1, 0.15) is 31.7 Å². The molecule has 1 amide bonds. The summed E-state index contributed by atoms with van der Waals surface area (Å²) < 4.78 is 12.9. The number of amides is 1. The molecule has 0 aromatic heterocycles. The van der Waals surface area contributed by atoms with Crippen molar-refractivity contribution in [3.05, 3.63) is 35.6 Å². The molecule has 1 fully saturated rings. The molecule has 0 radical (unpaired) electrons. The van der Waals surface area contributed by atoms with E-state index < -0.39 is 11.4 Å². The number of carbonyl (C=O) groups is 1. The maximum atomic E-state index is 12.9. The van der Waals surface area contributed by atoms with E-state index in [1.807, 2.05) is 6.92 Å². The molecule has 1 aliphatic rings. The van der Waals surface area contributed by atoms with Gasteiger partial charge < -0.3 is 5.73 Å². The molecule has 0 aliphatic heterocycles. The minimum absolute atomic E-state index is 0.311. The van der Waals surface area contributed by atoms with Crippen LogP contribution < -0.4 is 11.1 Å². The Hall–Kier alpha value is -1.42. The van der Waals surface area contributed by atoms with Gasteiger partial charge in [-0.3, -0.25) is 10.1 Å². The van der Waals surface area contributed by atoms with E-state index >= 15 is 0 Å². The normalized spacial score (nSPS) is 18.7. The average molecular weight is 236 g/mol. The van der Waals surface area contributed by atoms with Crippen LogP contribution in [0.2, 0.25) is 0 Å². The molecule has 0 bridgehead atoms. The van der Waals surface area contributed by atoms with E-state index in [9.17, 15) is 9.18 Å². The summed E-state index contributed by atoms with van der Waals surface area (Å²) in [6.07, 6.45) is 2.69. The van der Waals surface area contributed by atoms with Gasteiger partial charge in [0.2, 0.25) is 5.91 Å². The van der Waals surface area contributed by atoms with Gasteiger partial charge in [0, 0.05) is 6.04 Å². The fraction of sp³-hybridized carbons (Fsp3) is 0.462. The first-order chi connectivity index (χ1) is 8.08. The zero-order valence-corrected chi connectivity index (χ0v) is 9.87. The lowest BCUT2D eigenvalue weighted by molar-refractivity contribution is -0.125. The van der Waals surface area contributed by atoms with Crippen molar-refractivity contribution in [3.8, 4) is 0 Å². The maximum Gasteiger partial charge on any atom is 0.242 e. The predicted molar refractivity (Wildman–Crippen MR) is 63.7 cm³/mol. The summed E-state index contributed by atoms with van der Waals surface area (Å²) in [5.74, 6) is -0.715. The summed E-state index contributed by atoms with van der Waals surface area (Å²) in [4.78, 5) is 11.8. The Labute approximate surface area is 100 Å². The van der Waals surface area contributed by atoms with Gasteiger partial charge >= 0.3 is 0 Å². The van der Waals surface area contributed by atoms with Crippen LogP contribution in [0, 0.1) is 5.82 Å². The van der Waals surface area contributed by atoms with Crippen LogP contribution in [0.3, 0.4) is 0 Å². The highest BCUT2D eigenvalue weighted by molar-refractivity contribution is 5.86. The quantitative estimate of drug-likeness (QED) is 0.817. The number of primary amides is 1. The number of hydrogen-bond donors (Lipinski definition) is 2. The van der Waals surface area contributed by atoms with Crippen molar-refractivity contribution in [2.75, 3.05) is 0 Å². The Morgan fingerprint density at radius 3 is 2.47 bits per heavy atom. The van der Waals surface area contributed by atoms with Gasteiger partial charge in [-0.25, -0.2) is 4.39 Å². The van der Waals surface area contributed by atoms with E-state index in [0.29, 0.717) is 12.5 Å². The first-order valence-electron chi connectivity index (χ1n) is 5.92. The van der Waals surface area contributed by atoms with Crippen LogP contribution >= 0.6 is 0 Å². The van der Waals surface area contributed by atoms with E-state index in [1.165, 1.54) is 12.1 Å². The average Bonchev–Trinajstić information content (AvgIpc) is 3.10. The summed E-state index contributed by atoms with van der Waals surface area (Å²) in [5, 5.41) is 3.29.